The molecule has 0 saturated carbocycles. The Hall–Kier alpha value is -4.01. The maximum Gasteiger partial charge on any atom is 0.326 e. The predicted molar refractivity (Wildman–Crippen MR) is 190 cm³/mol. The topological polar surface area (TPSA) is 237 Å². The van der Waals surface area contributed by atoms with Crippen LogP contribution in [0.25, 0.3) is 0 Å². The maximum absolute atomic E-state index is 13.8. The molecule has 6 atom stereocenters. The first-order chi connectivity index (χ1) is 23.2. The van der Waals surface area contributed by atoms with Crippen LogP contribution >= 0.6 is 0 Å². The molecule has 9 N–H and O–H groups in total. The van der Waals surface area contributed by atoms with Crippen molar-refractivity contribution in [1.82, 2.24) is 36.6 Å². The van der Waals surface area contributed by atoms with Gasteiger partial charge in [0.15, 0.2) is 0 Å². The van der Waals surface area contributed by atoms with Crippen LogP contribution in [0.5, 0.6) is 0 Å². The van der Waals surface area contributed by atoms with Crippen LogP contribution in [0.15, 0.2) is 12.5 Å². The molecule has 284 valence electrons. The summed E-state index contributed by atoms with van der Waals surface area (Å²) >= 11 is 0. The summed E-state index contributed by atoms with van der Waals surface area (Å²) in [5.41, 5.74) is 6.51. The van der Waals surface area contributed by atoms with E-state index in [0.717, 1.165) is 0 Å². The molecule has 0 fully saturated rings. The van der Waals surface area contributed by atoms with Crippen LogP contribution in [-0.4, -0.2) is 86.8 Å². The molecule has 15 heteroatoms. The lowest BCUT2D eigenvalue weighted by Gasteiger charge is -2.29. The number of hydrogen-bond donors (Lipinski definition) is 8. The molecule has 0 aliphatic rings. The second kappa shape index (κ2) is 21.3. The number of nitrogens with zero attached hydrogens (tertiary/aromatic N) is 1. The Kier molecular flexibility index (Phi) is 18.7. The largest absolute Gasteiger partial charge is 0.480 e. The van der Waals surface area contributed by atoms with Gasteiger partial charge in [-0.3, -0.25) is 24.0 Å². The van der Waals surface area contributed by atoms with E-state index in [2.05, 4.69) is 36.6 Å². The third kappa shape index (κ3) is 16.1. The quantitative estimate of drug-likeness (QED) is 0.0873. The number of rotatable bonds is 22. The number of carbonyl (C=O) groups excluding carboxylic acids is 5. The van der Waals surface area contributed by atoms with Crippen molar-refractivity contribution in [3.8, 4) is 0 Å². The molecule has 0 radical (unpaired) electrons. The van der Waals surface area contributed by atoms with Crippen LogP contribution in [0, 0.1) is 29.6 Å². The molecule has 1 aromatic heterocycles. The summed E-state index contributed by atoms with van der Waals surface area (Å²) in [5.74, 6) is -4.40. The van der Waals surface area contributed by atoms with E-state index in [1.165, 1.54) is 12.5 Å². The van der Waals surface area contributed by atoms with Gasteiger partial charge in [-0.1, -0.05) is 69.2 Å². The van der Waals surface area contributed by atoms with Crippen LogP contribution < -0.4 is 32.3 Å². The second-order valence-electron chi connectivity index (χ2n) is 15.2. The normalized spacial score (nSPS) is 15.3. The summed E-state index contributed by atoms with van der Waals surface area (Å²) in [6, 6.07) is -6.20. The number of imidazole rings is 1. The summed E-state index contributed by atoms with van der Waals surface area (Å²) in [5, 5.41) is 23.3. The molecule has 0 bridgehead atoms. The Morgan fingerprint density at radius 3 is 1.38 bits per heavy atom. The zero-order valence-corrected chi connectivity index (χ0v) is 31.5. The number of hydrogen-bond acceptors (Lipinski definition) is 8. The van der Waals surface area contributed by atoms with Crippen molar-refractivity contribution >= 4 is 35.5 Å². The molecule has 0 spiro atoms. The third-order valence-corrected chi connectivity index (χ3v) is 7.91. The predicted octanol–water partition coefficient (Wildman–Crippen LogP) is 1.63. The van der Waals surface area contributed by atoms with Crippen LogP contribution in [0.1, 0.15) is 101 Å². The fourth-order valence-electron chi connectivity index (χ4n) is 5.41. The van der Waals surface area contributed by atoms with Gasteiger partial charge in [0.2, 0.25) is 29.5 Å². The minimum atomic E-state index is -1.29. The van der Waals surface area contributed by atoms with E-state index in [1.807, 2.05) is 55.4 Å². The van der Waals surface area contributed by atoms with Crippen molar-refractivity contribution in [3.63, 3.8) is 0 Å². The maximum atomic E-state index is 13.8. The molecule has 0 aromatic carbocycles. The lowest BCUT2D eigenvalue weighted by Crippen LogP contribution is -2.60. The molecule has 5 amide bonds. The van der Waals surface area contributed by atoms with Crippen LogP contribution in [0.2, 0.25) is 0 Å². The average molecular weight is 707 g/mol. The van der Waals surface area contributed by atoms with Gasteiger partial charge in [-0.25, -0.2) is 9.78 Å². The number of H-pyrrole nitrogens is 1. The Labute approximate surface area is 296 Å². The zero-order chi connectivity index (χ0) is 38.3. The highest BCUT2D eigenvalue weighted by Crippen LogP contribution is 2.13. The number of nitrogens with two attached hydrogens (primary N) is 1. The summed E-state index contributed by atoms with van der Waals surface area (Å²) in [6.45, 7) is 18.7. The van der Waals surface area contributed by atoms with E-state index < -0.39 is 77.7 Å². The first-order valence-corrected chi connectivity index (χ1v) is 17.7. The molecular weight excluding hydrogens is 644 g/mol. The van der Waals surface area contributed by atoms with E-state index in [1.54, 1.807) is 13.8 Å². The van der Waals surface area contributed by atoms with Gasteiger partial charge in [-0.2, -0.15) is 0 Å². The van der Waals surface area contributed by atoms with Crippen molar-refractivity contribution in [2.75, 3.05) is 0 Å². The lowest BCUT2D eigenvalue weighted by molar-refractivity contribution is -0.142. The van der Waals surface area contributed by atoms with Gasteiger partial charge in [0.25, 0.3) is 0 Å². The number of carbonyl (C=O) groups is 6. The van der Waals surface area contributed by atoms with E-state index in [-0.39, 0.29) is 42.9 Å². The smallest absolute Gasteiger partial charge is 0.326 e. The molecule has 0 saturated heterocycles. The van der Waals surface area contributed by atoms with Gasteiger partial charge in [-0.05, 0) is 55.3 Å². The molecule has 50 heavy (non-hydrogen) atoms. The van der Waals surface area contributed by atoms with Gasteiger partial charge in [0.1, 0.15) is 30.2 Å². The SMILES string of the molecule is CC(C)C[C@H](NC(=O)[C@H](CC(C)C)NC(=O)[C@@H](N)CC(C)C)C(=O)N[C@@H](CC(C)C)C(=O)N[C@H](C(=O)N[C@@H](Cc1c[nH]cn1)C(=O)O)C(C)C. The highest BCUT2D eigenvalue weighted by Gasteiger charge is 2.34. The van der Waals surface area contributed by atoms with Gasteiger partial charge >= 0.3 is 5.97 Å². The molecule has 15 nitrogen and oxygen atoms in total. The van der Waals surface area contributed by atoms with Gasteiger partial charge in [0, 0.05) is 12.6 Å². The average Bonchev–Trinajstić information content (AvgIpc) is 3.50. The molecule has 0 aliphatic carbocycles. The summed E-state index contributed by atoms with van der Waals surface area (Å²) in [7, 11) is 0. The van der Waals surface area contributed by atoms with Gasteiger partial charge in [-0.15, -0.1) is 0 Å². The molecular formula is C35H62N8O7. The second-order valence-corrected chi connectivity index (χ2v) is 15.2. The molecule has 0 aliphatic heterocycles. The van der Waals surface area contributed by atoms with Crippen molar-refractivity contribution in [1.29, 1.82) is 0 Å². The van der Waals surface area contributed by atoms with Crippen molar-refractivity contribution in [2.45, 2.75) is 138 Å². The van der Waals surface area contributed by atoms with E-state index in [9.17, 15) is 33.9 Å². The molecule has 1 rings (SSSR count). The van der Waals surface area contributed by atoms with Gasteiger partial charge < -0.3 is 42.4 Å². The molecule has 0 unspecified atom stereocenters. The molecule has 1 heterocycles. The third-order valence-electron chi connectivity index (χ3n) is 7.91. The highest BCUT2D eigenvalue weighted by atomic mass is 16.4. The number of aliphatic carboxylic acids is 1. The monoisotopic (exact) mass is 706 g/mol. The standard InChI is InChI=1S/C35H62N8O7/c1-18(2)11-24(36)30(44)39-25(12-19(3)4)31(45)40-26(13-20(5)6)32(46)41-27(14-21(7)8)33(47)43-29(22(9)10)34(48)42-28(35(49)50)15-23-16-37-17-38-23/h16-22,24-29H,11-15,36H2,1-10H3,(H,37,38)(H,39,44)(H,40,45)(H,41,46)(H,42,48)(H,43,47)(H,49,50)/t24-,25-,26-,27-,28-,29-/m0/s1. The Bertz CT molecular complexity index is 1250. The van der Waals surface area contributed by atoms with E-state index >= 15 is 0 Å². The number of nitrogens with one attached hydrogen (secondary N) is 6. The Morgan fingerprint density at radius 2 is 1.02 bits per heavy atom. The first kappa shape index (κ1) is 44.0. The highest BCUT2D eigenvalue weighted by molar-refractivity contribution is 5.96. The van der Waals surface area contributed by atoms with E-state index in [4.69, 9.17) is 5.73 Å². The first-order valence-electron chi connectivity index (χ1n) is 17.7. The number of amides is 5. The number of carboxylic acids is 1. The van der Waals surface area contributed by atoms with Crippen LogP contribution in [0.3, 0.4) is 0 Å². The zero-order valence-electron chi connectivity index (χ0n) is 31.5. The van der Waals surface area contributed by atoms with Crippen molar-refractivity contribution in [2.24, 2.45) is 35.3 Å². The Morgan fingerprint density at radius 1 is 0.620 bits per heavy atom. The van der Waals surface area contributed by atoms with Crippen LogP contribution in [-0.2, 0) is 35.2 Å². The van der Waals surface area contributed by atoms with Crippen molar-refractivity contribution in [3.05, 3.63) is 18.2 Å². The van der Waals surface area contributed by atoms with Crippen LogP contribution in [0.4, 0.5) is 0 Å². The minimum absolute atomic E-state index is 0.0151. The minimum Gasteiger partial charge on any atom is -0.480 e. The summed E-state index contributed by atoms with van der Waals surface area (Å²) < 4.78 is 0. The fraction of sp³-hybridized carbons (Fsp3) is 0.743. The lowest BCUT2D eigenvalue weighted by atomic mass is 9.97. The van der Waals surface area contributed by atoms with Gasteiger partial charge in [0.05, 0.1) is 18.1 Å². The number of carboxylic acid groups (broad SMARTS) is 1. The van der Waals surface area contributed by atoms with Crippen molar-refractivity contribution < 1.29 is 33.9 Å². The summed E-state index contributed by atoms with van der Waals surface area (Å²) in [4.78, 5) is 85.8. The molecule has 1 aromatic rings. The number of aromatic nitrogens is 2. The fourth-order valence-corrected chi connectivity index (χ4v) is 5.41. The summed E-state index contributed by atoms with van der Waals surface area (Å²) in [6.07, 6.45) is 4.12. The Balaban J connectivity index is 3.18. The van der Waals surface area contributed by atoms with E-state index in [0.29, 0.717) is 18.5 Å². The number of aromatic amines is 1.